The van der Waals surface area contributed by atoms with Gasteiger partial charge >= 0.3 is 0 Å². The third kappa shape index (κ3) is 5.39. The summed E-state index contributed by atoms with van der Waals surface area (Å²) in [6.07, 6.45) is 0.979. The van der Waals surface area contributed by atoms with Gasteiger partial charge in [-0.25, -0.2) is 17.2 Å². The molecule has 1 aromatic carbocycles. The van der Waals surface area contributed by atoms with E-state index in [0.717, 1.165) is 22.7 Å². The van der Waals surface area contributed by atoms with Crippen molar-refractivity contribution in [3.63, 3.8) is 0 Å². The van der Waals surface area contributed by atoms with Gasteiger partial charge in [-0.05, 0) is 18.1 Å². The molecule has 1 aromatic rings. The molecule has 8 heteroatoms. The average molecular weight is 320 g/mol. The molecule has 0 aliphatic carbocycles. The van der Waals surface area contributed by atoms with E-state index >= 15 is 0 Å². The van der Waals surface area contributed by atoms with Gasteiger partial charge in [0.15, 0.2) is 0 Å². The quantitative estimate of drug-likeness (QED) is 0.869. The van der Waals surface area contributed by atoms with Gasteiger partial charge in [-0.2, -0.15) is 4.31 Å². The van der Waals surface area contributed by atoms with Crippen LogP contribution >= 0.6 is 0 Å². The number of anilines is 1. The summed E-state index contributed by atoms with van der Waals surface area (Å²) in [5, 5.41) is 2.06. The van der Waals surface area contributed by atoms with E-state index in [0.29, 0.717) is 0 Å². The minimum absolute atomic E-state index is 0.0118. The minimum atomic E-state index is -3.58. The highest BCUT2D eigenvalue weighted by molar-refractivity contribution is 7.88. The Morgan fingerprint density at radius 3 is 2.24 bits per heavy atom. The Balaban J connectivity index is 2.84. The van der Waals surface area contributed by atoms with Crippen molar-refractivity contribution < 1.29 is 22.0 Å². The van der Waals surface area contributed by atoms with Gasteiger partial charge in [-0.1, -0.05) is 19.9 Å². The molecule has 1 N–H and O–H groups in total. The molecule has 0 heterocycles. The fourth-order valence-corrected chi connectivity index (χ4v) is 2.60. The Hall–Kier alpha value is -1.54. The number of benzene rings is 1. The molecule has 0 fully saturated rings. The van der Waals surface area contributed by atoms with E-state index in [1.54, 1.807) is 13.8 Å². The largest absolute Gasteiger partial charge is 0.320 e. The monoisotopic (exact) mass is 320 g/mol. The van der Waals surface area contributed by atoms with Crippen molar-refractivity contribution in [3.8, 4) is 0 Å². The number of carbonyl (C=O) groups excluding carboxylic acids is 1. The predicted octanol–water partition coefficient (Wildman–Crippen LogP) is 1.82. The minimum Gasteiger partial charge on any atom is -0.320 e. The maximum Gasteiger partial charge on any atom is 0.239 e. The van der Waals surface area contributed by atoms with E-state index in [4.69, 9.17) is 0 Å². The van der Waals surface area contributed by atoms with Gasteiger partial charge in [0.05, 0.1) is 12.8 Å². The van der Waals surface area contributed by atoms with Crippen molar-refractivity contribution in [2.75, 3.05) is 24.7 Å². The van der Waals surface area contributed by atoms with Gasteiger partial charge in [0, 0.05) is 6.54 Å². The molecular formula is C13H18F2N2O3S. The van der Waals surface area contributed by atoms with Gasteiger partial charge in [-0.3, -0.25) is 4.79 Å². The first-order valence-corrected chi connectivity index (χ1v) is 8.15. The number of nitrogens with zero attached hydrogens (tertiary/aromatic N) is 1. The lowest BCUT2D eigenvalue weighted by Crippen LogP contribution is -2.39. The number of halogens is 2. The Kier molecular flexibility index (Phi) is 5.79. The molecule has 1 amide bonds. The van der Waals surface area contributed by atoms with E-state index in [1.807, 2.05) is 0 Å². The van der Waals surface area contributed by atoms with Crippen LogP contribution in [0.5, 0.6) is 0 Å². The van der Waals surface area contributed by atoms with Crippen molar-refractivity contribution in [3.05, 3.63) is 29.8 Å². The summed E-state index contributed by atoms with van der Waals surface area (Å²) in [6, 6.07) is 3.17. The van der Waals surface area contributed by atoms with Crippen LogP contribution in [0.3, 0.4) is 0 Å². The molecule has 1 rings (SSSR count). The Morgan fingerprint density at radius 2 is 1.81 bits per heavy atom. The second-order valence-electron chi connectivity index (χ2n) is 5.09. The van der Waals surface area contributed by atoms with Gasteiger partial charge in [0.2, 0.25) is 15.9 Å². The van der Waals surface area contributed by atoms with Crippen LogP contribution < -0.4 is 5.32 Å². The van der Waals surface area contributed by atoms with Gasteiger partial charge < -0.3 is 5.32 Å². The lowest BCUT2D eigenvalue weighted by molar-refractivity contribution is -0.116. The second-order valence-corrected chi connectivity index (χ2v) is 7.08. The first kappa shape index (κ1) is 17.5. The van der Waals surface area contributed by atoms with E-state index in [2.05, 4.69) is 5.32 Å². The summed E-state index contributed by atoms with van der Waals surface area (Å²) in [5.41, 5.74) is -0.583. The molecule has 5 nitrogen and oxygen atoms in total. The molecule has 21 heavy (non-hydrogen) atoms. The van der Waals surface area contributed by atoms with Crippen LogP contribution in [0.1, 0.15) is 13.8 Å². The number of hydrogen-bond donors (Lipinski definition) is 1. The first-order chi connectivity index (χ1) is 9.61. The van der Waals surface area contributed by atoms with Gasteiger partial charge in [0.25, 0.3) is 0 Å². The van der Waals surface area contributed by atoms with Gasteiger partial charge in [0.1, 0.15) is 17.3 Å². The summed E-state index contributed by atoms with van der Waals surface area (Å²) in [7, 11) is -3.58. The van der Waals surface area contributed by atoms with Crippen molar-refractivity contribution in [1.82, 2.24) is 4.31 Å². The van der Waals surface area contributed by atoms with Crippen LogP contribution in [0.2, 0.25) is 0 Å². The molecule has 0 unspecified atom stereocenters. The molecule has 0 bridgehead atoms. The summed E-state index contributed by atoms with van der Waals surface area (Å²) in [6.45, 7) is 3.25. The predicted molar refractivity (Wildman–Crippen MR) is 76.2 cm³/mol. The third-order valence-corrected chi connectivity index (χ3v) is 3.80. The van der Waals surface area contributed by atoms with E-state index in [9.17, 15) is 22.0 Å². The zero-order chi connectivity index (χ0) is 16.2. The highest BCUT2D eigenvalue weighted by Crippen LogP contribution is 2.18. The van der Waals surface area contributed by atoms with Crippen LogP contribution in [-0.2, 0) is 14.8 Å². The number of hydrogen-bond acceptors (Lipinski definition) is 3. The SMILES string of the molecule is CC(C)CN(CC(=O)Nc1c(F)cccc1F)S(C)(=O)=O. The zero-order valence-electron chi connectivity index (χ0n) is 12.1. The molecule has 0 aliphatic heterocycles. The Morgan fingerprint density at radius 1 is 1.29 bits per heavy atom. The van der Waals surface area contributed by atoms with Crippen molar-refractivity contribution in [2.45, 2.75) is 13.8 Å². The highest BCUT2D eigenvalue weighted by atomic mass is 32.2. The lowest BCUT2D eigenvalue weighted by Gasteiger charge is -2.21. The van der Waals surface area contributed by atoms with Crippen molar-refractivity contribution >= 4 is 21.6 Å². The molecule has 0 saturated heterocycles. The molecule has 0 radical (unpaired) electrons. The zero-order valence-corrected chi connectivity index (χ0v) is 12.9. The van der Waals surface area contributed by atoms with Crippen LogP contribution in [0.25, 0.3) is 0 Å². The number of rotatable bonds is 6. The van der Waals surface area contributed by atoms with E-state index in [1.165, 1.54) is 6.07 Å². The number of para-hydroxylation sites is 1. The topological polar surface area (TPSA) is 66.5 Å². The summed E-state index contributed by atoms with van der Waals surface area (Å²) in [4.78, 5) is 11.8. The number of nitrogens with one attached hydrogen (secondary N) is 1. The van der Waals surface area contributed by atoms with Crippen LogP contribution in [0.15, 0.2) is 18.2 Å². The first-order valence-electron chi connectivity index (χ1n) is 6.30. The van der Waals surface area contributed by atoms with E-state index < -0.39 is 39.8 Å². The highest BCUT2D eigenvalue weighted by Gasteiger charge is 2.22. The number of sulfonamides is 1. The molecule has 0 saturated carbocycles. The third-order valence-electron chi connectivity index (χ3n) is 2.58. The van der Waals surface area contributed by atoms with Crippen molar-refractivity contribution in [2.24, 2.45) is 5.92 Å². The lowest BCUT2D eigenvalue weighted by atomic mass is 10.2. The molecule has 0 aromatic heterocycles. The van der Waals surface area contributed by atoms with Gasteiger partial charge in [-0.15, -0.1) is 0 Å². The van der Waals surface area contributed by atoms with Crippen molar-refractivity contribution in [1.29, 1.82) is 0 Å². The maximum absolute atomic E-state index is 13.4. The molecule has 118 valence electrons. The van der Waals surface area contributed by atoms with Crippen LogP contribution in [0.4, 0.5) is 14.5 Å². The average Bonchev–Trinajstić information content (AvgIpc) is 2.31. The second kappa shape index (κ2) is 6.95. The van der Waals surface area contributed by atoms with Crippen LogP contribution in [-0.4, -0.2) is 38.0 Å². The number of amides is 1. The maximum atomic E-state index is 13.4. The molecule has 0 atom stereocenters. The summed E-state index contributed by atoms with van der Waals surface area (Å²) < 4.78 is 50.9. The Bertz CT molecular complexity index is 598. The normalized spacial score (nSPS) is 12.0. The van der Waals surface area contributed by atoms with Crippen LogP contribution in [0, 0.1) is 17.6 Å². The fraction of sp³-hybridized carbons (Fsp3) is 0.462. The fourth-order valence-electron chi connectivity index (χ4n) is 1.68. The standard InChI is InChI=1S/C13H18F2N2O3S/c1-9(2)7-17(21(3,19)20)8-12(18)16-13-10(14)5-4-6-11(13)15/h4-6,9H,7-8H2,1-3H3,(H,16,18). The molecule has 0 aliphatic rings. The smallest absolute Gasteiger partial charge is 0.239 e. The molecule has 0 spiro atoms. The molecular weight excluding hydrogens is 302 g/mol. The van der Waals surface area contributed by atoms with E-state index in [-0.39, 0.29) is 12.5 Å². The summed E-state index contributed by atoms with van der Waals surface area (Å²) >= 11 is 0. The Labute approximate surface area is 123 Å². The summed E-state index contributed by atoms with van der Waals surface area (Å²) in [5.74, 6) is -2.63. The number of carbonyl (C=O) groups is 1.